The van der Waals surface area contributed by atoms with Gasteiger partial charge in [0.2, 0.25) is 5.91 Å². The van der Waals surface area contributed by atoms with Crippen molar-refractivity contribution in [3.63, 3.8) is 0 Å². The van der Waals surface area contributed by atoms with E-state index in [-0.39, 0.29) is 28.5 Å². The first-order valence-electron chi connectivity index (χ1n) is 8.79. The van der Waals surface area contributed by atoms with Crippen LogP contribution < -0.4 is 16.8 Å². The van der Waals surface area contributed by atoms with Crippen molar-refractivity contribution in [3.05, 3.63) is 71.2 Å². The Labute approximate surface area is 170 Å². The molecule has 1 aliphatic heterocycles. The summed E-state index contributed by atoms with van der Waals surface area (Å²) < 4.78 is 4.44. The number of nitrogens with two attached hydrogens (primary N) is 2. The molecule has 0 saturated heterocycles. The van der Waals surface area contributed by atoms with Crippen molar-refractivity contribution < 1.29 is 9.59 Å². The zero-order valence-electron chi connectivity index (χ0n) is 15.1. The molecule has 0 fully saturated rings. The minimum absolute atomic E-state index is 0.0515. The average molecular weight is 407 g/mol. The third-order valence-electron chi connectivity index (χ3n) is 4.54. The van der Waals surface area contributed by atoms with Crippen LogP contribution in [0.15, 0.2) is 58.5 Å². The standard InChI is InChI=1S/C19H17N7O2S/c20-16(27)12-8-4-7-11-13(26-29-15(11)12)19-23-18(14(17(21)28)24-25-19)22-9-10-5-2-1-3-6-10/h1-8,11,15H,9H2,(H2,20,27)(H2,21,28)(H,22,23,25). The molecule has 0 saturated carbocycles. The van der Waals surface area contributed by atoms with Crippen molar-refractivity contribution in [3.8, 4) is 0 Å². The number of benzene rings is 1. The minimum atomic E-state index is -0.732. The number of nitrogens with one attached hydrogen (secondary N) is 1. The van der Waals surface area contributed by atoms with Crippen LogP contribution in [-0.2, 0) is 11.3 Å². The molecule has 0 bridgehead atoms. The van der Waals surface area contributed by atoms with Gasteiger partial charge in [-0.3, -0.25) is 9.59 Å². The molecule has 0 spiro atoms. The Kier molecular flexibility index (Phi) is 5.09. The summed E-state index contributed by atoms with van der Waals surface area (Å²) in [6.07, 6.45) is 5.37. The van der Waals surface area contributed by atoms with Crippen LogP contribution in [0.3, 0.4) is 0 Å². The summed E-state index contributed by atoms with van der Waals surface area (Å²) in [5.74, 6) is -0.935. The van der Waals surface area contributed by atoms with Crippen molar-refractivity contribution in [1.82, 2.24) is 15.2 Å². The first-order valence-corrected chi connectivity index (χ1v) is 9.63. The predicted molar refractivity (Wildman–Crippen MR) is 110 cm³/mol. The fraction of sp³-hybridized carbons (Fsp3) is 0.158. The van der Waals surface area contributed by atoms with Crippen molar-refractivity contribution in [2.45, 2.75) is 11.8 Å². The number of rotatable bonds is 6. The van der Waals surface area contributed by atoms with Gasteiger partial charge in [-0.25, -0.2) is 9.38 Å². The van der Waals surface area contributed by atoms with Gasteiger partial charge in [0.25, 0.3) is 5.91 Å². The zero-order valence-corrected chi connectivity index (χ0v) is 16.0. The molecule has 2 heterocycles. The van der Waals surface area contributed by atoms with E-state index in [2.05, 4.69) is 24.9 Å². The number of nitrogens with zero attached hydrogens (tertiary/aromatic N) is 4. The van der Waals surface area contributed by atoms with Gasteiger partial charge in [-0.2, -0.15) is 0 Å². The maximum absolute atomic E-state index is 11.7. The normalized spacial score (nSPS) is 19.9. The van der Waals surface area contributed by atoms with Crippen LogP contribution in [0, 0.1) is 5.92 Å². The van der Waals surface area contributed by atoms with E-state index in [0.29, 0.717) is 17.8 Å². The molecular formula is C19H17N7O2S. The molecule has 4 rings (SSSR count). The van der Waals surface area contributed by atoms with Gasteiger partial charge < -0.3 is 16.8 Å². The van der Waals surface area contributed by atoms with Crippen LogP contribution in [-0.4, -0.2) is 38.0 Å². The molecule has 9 nitrogen and oxygen atoms in total. The van der Waals surface area contributed by atoms with Gasteiger partial charge in [0.1, 0.15) is 5.71 Å². The Balaban J connectivity index is 1.62. The molecule has 2 aromatic rings. The van der Waals surface area contributed by atoms with Gasteiger partial charge in [0.15, 0.2) is 17.3 Å². The van der Waals surface area contributed by atoms with Gasteiger partial charge in [0.05, 0.1) is 5.25 Å². The number of hydrogen-bond donors (Lipinski definition) is 3. The quantitative estimate of drug-likeness (QED) is 0.605. The summed E-state index contributed by atoms with van der Waals surface area (Å²) in [6, 6.07) is 9.64. The average Bonchev–Trinajstić information content (AvgIpc) is 3.16. The fourth-order valence-electron chi connectivity index (χ4n) is 3.12. The molecule has 5 N–H and O–H groups in total. The highest BCUT2D eigenvalue weighted by Gasteiger charge is 2.39. The van der Waals surface area contributed by atoms with Crippen LogP contribution in [0.4, 0.5) is 5.82 Å². The molecule has 2 unspecified atom stereocenters. The van der Waals surface area contributed by atoms with E-state index in [0.717, 1.165) is 5.56 Å². The summed E-state index contributed by atoms with van der Waals surface area (Å²) in [5.41, 5.74) is 12.9. The highest BCUT2D eigenvalue weighted by atomic mass is 32.2. The summed E-state index contributed by atoms with van der Waals surface area (Å²) in [4.78, 5) is 27.9. The summed E-state index contributed by atoms with van der Waals surface area (Å²) in [5, 5.41) is 10.9. The number of allylic oxidation sites excluding steroid dienone is 3. The van der Waals surface area contributed by atoms with Gasteiger partial charge in [-0.15, -0.1) is 10.2 Å². The number of aromatic nitrogens is 3. The number of anilines is 1. The van der Waals surface area contributed by atoms with Gasteiger partial charge in [0, 0.05) is 18.0 Å². The van der Waals surface area contributed by atoms with Crippen molar-refractivity contribution >= 4 is 35.3 Å². The van der Waals surface area contributed by atoms with E-state index < -0.39 is 11.8 Å². The summed E-state index contributed by atoms with van der Waals surface area (Å²) in [6.45, 7) is 0.432. The second kappa shape index (κ2) is 7.84. The largest absolute Gasteiger partial charge is 0.366 e. The highest BCUT2D eigenvalue weighted by Crippen LogP contribution is 2.39. The number of fused-ring (bicyclic) bond motifs is 1. The molecule has 29 heavy (non-hydrogen) atoms. The lowest BCUT2D eigenvalue weighted by Crippen LogP contribution is -2.31. The Hall–Kier alpha value is -3.53. The molecule has 1 aliphatic carbocycles. The van der Waals surface area contributed by atoms with Crippen LogP contribution in [0.25, 0.3) is 0 Å². The maximum atomic E-state index is 11.7. The van der Waals surface area contributed by atoms with Crippen molar-refractivity contribution in [2.75, 3.05) is 5.32 Å². The van der Waals surface area contributed by atoms with Crippen LogP contribution >= 0.6 is 11.9 Å². The van der Waals surface area contributed by atoms with E-state index in [9.17, 15) is 9.59 Å². The second-order valence-corrected chi connectivity index (χ2v) is 7.34. The SMILES string of the molecule is NC(=O)C1=CC=CC2C(c3nnc(C(N)=O)c(NCc4ccccc4)n3)=NSC12. The highest BCUT2D eigenvalue weighted by molar-refractivity contribution is 7.99. The molecule has 1 aromatic heterocycles. The van der Waals surface area contributed by atoms with Crippen molar-refractivity contribution in [2.24, 2.45) is 21.8 Å². The lowest BCUT2D eigenvalue weighted by atomic mass is 9.89. The number of carbonyl (C=O) groups excluding carboxylic acids is 2. The number of primary amides is 2. The molecule has 2 atom stereocenters. The Bertz CT molecular complexity index is 1070. The third kappa shape index (κ3) is 3.74. The molecular weight excluding hydrogens is 390 g/mol. The lowest BCUT2D eigenvalue weighted by molar-refractivity contribution is -0.114. The number of carbonyl (C=O) groups is 2. The van der Waals surface area contributed by atoms with E-state index >= 15 is 0 Å². The molecule has 10 heteroatoms. The smallest absolute Gasteiger partial charge is 0.273 e. The first kappa shape index (κ1) is 18.8. The maximum Gasteiger partial charge on any atom is 0.273 e. The topological polar surface area (TPSA) is 149 Å². The summed E-state index contributed by atoms with van der Waals surface area (Å²) >= 11 is 1.24. The third-order valence-corrected chi connectivity index (χ3v) is 5.62. The molecule has 146 valence electrons. The predicted octanol–water partition coefficient (Wildman–Crippen LogP) is 1.000. The first-order chi connectivity index (χ1) is 14.0. The molecule has 1 aromatic carbocycles. The van der Waals surface area contributed by atoms with Gasteiger partial charge in [-0.1, -0.05) is 48.6 Å². The second-order valence-electron chi connectivity index (χ2n) is 6.44. The van der Waals surface area contributed by atoms with Crippen LogP contribution in [0.5, 0.6) is 0 Å². The molecule has 2 amide bonds. The monoisotopic (exact) mass is 407 g/mol. The van der Waals surface area contributed by atoms with E-state index in [1.807, 2.05) is 36.4 Å². The van der Waals surface area contributed by atoms with Gasteiger partial charge >= 0.3 is 0 Å². The Morgan fingerprint density at radius 2 is 1.90 bits per heavy atom. The zero-order chi connectivity index (χ0) is 20.4. The van der Waals surface area contributed by atoms with Crippen LogP contribution in [0.2, 0.25) is 0 Å². The fourth-order valence-corrected chi connectivity index (χ4v) is 4.21. The minimum Gasteiger partial charge on any atom is -0.366 e. The van der Waals surface area contributed by atoms with Crippen molar-refractivity contribution in [1.29, 1.82) is 0 Å². The Morgan fingerprint density at radius 1 is 1.10 bits per heavy atom. The van der Waals surface area contributed by atoms with E-state index in [1.54, 1.807) is 12.2 Å². The van der Waals surface area contributed by atoms with Gasteiger partial charge in [-0.05, 0) is 17.5 Å². The number of hydrogen-bond acceptors (Lipinski definition) is 8. The molecule has 2 aliphatic rings. The van der Waals surface area contributed by atoms with Crippen LogP contribution in [0.1, 0.15) is 21.9 Å². The van der Waals surface area contributed by atoms with E-state index in [4.69, 9.17) is 11.5 Å². The summed E-state index contributed by atoms with van der Waals surface area (Å²) in [7, 11) is 0. The number of amides is 2. The Morgan fingerprint density at radius 3 is 2.62 bits per heavy atom. The van der Waals surface area contributed by atoms with E-state index in [1.165, 1.54) is 11.9 Å². The lowest BCUT2D eigenvalue weighted by Gasteiger charge is -2.20. The molecule has 0 radical (unpaired) electrons.